The van der Waals surface area contributed by atoms with Crippen molar-refractivity contribution in [2.75, 3.05) is 13.2 Å². The summed E-state index contributed by atoms with van der Waals surface area (Å²) in [6.07, 6.45) is 2.37. The third kappa shape index (κ3) is 2.85. The van der Waals surface area contributed by atoms with E-state index in [-0.39, 0.29) is 0 Å². The smallest absolute Gasteiger partial charge is 0.0483 e. The summed E-state index contributed by atoms with van der Waals surface area (Å²) in [7, 11) is 2.17. The van der Waals surface area contributed by atoms with E-state index in [0.717, 1.165) is 25.7 Å². The lowest BCUT2D eigenvalue weighted by atomic mass is 9.93. The Kier molecular flexibility index (Phi) is 4.32. The van der Waals surface area contributed by atoms with Crippen molar-refractivity contribution in [1.29, 1.82) is 0 Å². The van der Waals surface area contributed by atoms with Gasteiger partial charge < -0.3 is 14.6 Å². The van der Waals surface area contributed by atoms with Gasteiger partial charge in [0.15, 0.2) is 0 Å². The summed E-state index contributed by atoms with van der Waals surface area (Å²) in [5.41, 5.74) is 4.13. The molecule has 0 aliphatic carbocycles. The van der Waals surface area contributed by atoms with E-state index >= 15 is 0 Å². The van der Waals surface area contributed by atoms with Crippen LogP contribution in [0.4, 0.5) is 0 Å². The van der Waals surface area contributed by atoms with Crippen molar-refractivity contribution in [3.05, 3.63) is 35.5 Å². The van der Waals surface area contributed by atoms with Crippen molar-refractivity contribution in [3.8, 4) is 0 Å². The highest BCUT2D eigenvalue weighted by Gasteiger charge is 2.20. The van der Waals surface area contributed by atoms with Crippen LogP contribution in [0, 0.1) is 12.8 Å². The van der Waals surface area contributed by atoms with Gasteiger partial charge in [-0.15, -0.1) is 0 Å². The predicted molar refractivity (Wildman–Crippen MR) is 87.5 cm³/mol. The lowest BCUT2D eigenvalue weighted by Crippen LogP contribution is -2.36. The highest BCUT2D eigenvalue weighted by atomic mass is 16.5. The zero-order valence-corrected chi connectivity index (χ0v) is 13.4. The Morgan fingerprint density at radius 3 is 2.71 bits per heavy atom. The van der Waals surface area contributed by atoms with Crippen molar-refractivity contribution in [2.45, 2.75) is 39.3 Å². The molecule has 2 aromatic rings. The molecule has 21 heavy (non-hydrogen) atoms. The van der Waals surface area contributed by atoms with Crippen LogP contribution in [-0.2, 0) is 18.3 Å². The number of nitrogens with one attached hydrogen (secondary N) is 1. The zero-order chi connectivity index (χ0) is 14.8. The number of aryl methyl sites for hydroxylation is 2. The van der Waals surface area contributed by atoms with Crippen LogP contribution in [0.2, 0.25) is 0 Å². The van der Waals surface area contributed by atoms with E-state index in [0.29, 0.717) is 6.04 Å². The molecule has 3 nitrogen and oxygen atoms in total. The van der Waals surface area contributed by atoms with E-state index in [9.17, 15) is 0 Å². The van der Waals surface area contributed by atoms with Gasteiger partial charge in [-0.3, -0.25) is 0 Å². The summed E-state index contributed by atoms with van der Waals surface area (Å²) >= 11 is 0. The number of fused-ring (bicyclic) bond motifs is 1. The molecule has 0 radical (unpaired) electrons. The first-order valence-electron chi connectivity index (χ1n) is 8.02. The fourth-order valence-electron chi connectivity index (χ4n) is 3.53. The van der Waals surface area contributed by atoms with E-state index in [1.165, 1.54) is 35.0 Å². The maximum absolute atomic E-state index is 5.46. The van der Waals surface area contributed by atoms with Gasteiger partial charge in [-0.05, 0) is 44.2 Å². The largest absolute Gasteiger partial charge is 0.381 e. The number of benzene rings is 1. The van der Waals surface area contributed by atoms with Gasteiger partial charge in [0, 0.05) is 49.4 Å². The van der Waals surface area contributed by atoms with Crippen LogP contribution >= 0.6 is 0 Å². The predicted octanol–water partition coefficient (Wildman–Crippen LogP) is 3.39. The molecular formula is C18H26N2O. The third-order valence-electron chi connectivity index (χ3n) is 5.07. The Hall–Kier alpha value is -1.32. The second-order valence-electron chi connectivity index (χ2n) is 6.27. The van der Waals surface area contributed by atoms with Gasteiger partial charge in [0.2, 0.25) is 0 Å². The SMILES string of the molecule is Cc1c(CNC(C)C2CCOCC2)n(C)c2ccccc12. The van der Waals surface area contributed by atoms with E-state index in [1.54, 1.807) is 0 Å². The van der Waals surface area contributed by atoms with Crippen LogP contribution in [0.15, 0.2) is 24.3 Å². The summed E-state index contributed by atoms with van der Waals surface area (Å²) < 4.78 is 7.79. The Labute approximate surface area is 127 Å². The lowest BCUT2D eigenvalue weighted by Gasteiger charge is -2.28. The van der Waals surface area contributed by atoms with Gasteiger partial charge in [-0.2, -0.15) is 0 Å². The summed E-state index contributed by atoms with van der Waals surface area (Å²) in [6.45, 7) is 7.33. The highest BCUT2D eigenvalue weighted by Crippen LogP contribution is 2.25. The Balaban J connectivity index is 1.73. The van der Waals surface area contributed by atoms with Crippen molar-refractivity contribution < 1.29 is 4.74 Å². The molecule has 0 spiro atoms. The lowest BCUT2D eigenvalue weighted by molar-refractivity contribution is 0.0557. The molecule has 0 amide bonds. The molecule has 1 aliphatic heterocycles. The number of hydrogen-bond acceptors (Lipinski definition) is 2. The summed E-state index contributed by atoms with van der Waals surface area (Å²) in [5, 5.41) is 5.11. The second kappa shape index (κ2) is 6.20. The van der Waals surface area contributed by atoms with Gasteiger partial charge in [0.05, 0.1) is 0 Å². The molecule has 1 fully saturated rings. The van der Waals surface area contributed by atoms with Crippen LogP contribution in [0.3, 0.4) is 0 Å². The van der Waals surface area contributed by atoms with Crippen LogP contribution < -0.4 is 5.32 Å². The first kappa shape index (κ1) is 14.6. The highest BCUT2D eigenvalue weighted by molar-refractivity contribution is 5.85. The molecule has 0 bridgehead atoms. The fourth-order valence-corrected chi connectivity index (χ4v) is 3.53. The molecule has 1 N–H and O–H groups in total. The molecule has 0 saturated carbocycles. The van der Waals surface area contributed by atoms with E-state index in [2.05, 4.69) is 55.0 Å². The van der Waals surface area contributed by atoms with Gasteiger partial charge in [-0.1, -0.05) is 18.2 Å². The minimum absolute atomic E-state index is 0.548. The number of aromatic nitrogens is 1. The first-order valence-corrected chi connectivity index (χ1v) is 8.02. The van der Waals surface area contributed by atoms with Gasteiger partial charge >= 0.3 is 0 Å². The monoisotopic (exact) mass is 286 g/mol. The minimum atomic E-state index is 0.548. The van der Waals surface area contributed by atoms with Crippen molar-refractivity contribution in [3.63, 3.8) is 0 Å². The Morgan fingerprint density at radius 1 is 1.29 bits per heavy atom. The topological polar surface area (TPSA) is 26.2 Å². The summed E-state index contributed by atoms with van der Waals surface area (Å²) in [5.74, 6) is 0.744. The molecule has 114 valence electrons. The average molecular weight is 286 g/mol. The van der Waals surface area contributed by atoms with E-state index in [4.69, 9.17) is 4.74 Å². The van der Waals surface area contributed by atoms with E-state index < -0.39 is 0 Å². The number of rotatable bonds is 4. The quantitative estimate of drug-likeness (QED) is 0.932. The van der Waals surface area contributed by atoms with Gasteiger partial charge in [-0.25, -0.2) is 0 Å². The van der Waals surface area contributed by atoms with Crippen molar-refractivity contribution >= 4 is 10.9 Å². The number of hydrogen-bond donors (Lipinski definition) is 1. The minimum Gasteiger partial charge on any atom is -0.381 e. The standard InChI is InChI=1S/C18H26N2O/c1-13-16-6-4-5-7-17(16)20(3)18(13)12-19-14(2)15-8-10-21-11-9-15/h4-7,14-15,19H,8-12H2,1-3H3. The first-order chi connectivity index (χ1) is 10.2. The molecule has 1 saturated heterocycles. The zero-order valence-electron chi connectivity index (χ0n) is 13.4. The fraction of sp³-hybridized carbons (Fsp3) is 0.556. The molecule has 1 unspecified atom stereocenters. The number of ether oxygens (including phenoxy) is 1. The number of nitrogens with zero attached hydrogens (tertiary/aromatic N) is 1. The molecule has 1 aliphatic rings. The summed E-state index contributed by atoms with van der Waals surface area (Å²) in [4.78, 5) is 0. The Morgan fingerprint density at radius 2 is 2.00 bits per heavy atom. The third-order valence-corrected chi connectivity index (χ3v) is 5.07. The molecule has 1 aromatic carbocycles. The van der Waals surface area contributed by atoms with E-state index in [1.807, 2.05) is 0 Å². The molecule has 3 heteroatoms. The van der Waals surface area contributed by atoms with Crippen molar-refractivity contribution in [1.82, 2.24) is 9.88 Å². The van der Waals surface area contributed by atoms with Crippen LogP contribution in [-0.4, -0.2) is 23.8 Å². The van der Waals surface area contributed by atoms with Gasteiger partial charge in [0.1, 0.15) is 0 Å². The van der Waals surface area contributed by atoms with Gasteiger partial charge in [0.25, 0.3) is 0 Å². The van der Waals surface area contributed by atoms with Crippen LogP contribution in [0.5, 0.6) is 0 Å². The van der Waals surface area contributed by atoms with Crippen LogP contribution in [0.1, 0.15) is 31.0 Å². The molecular weight excluding hydrogens is 260 g/mol. The number of para-hydroxylation sites is 1. The maximum atomic E-state index is 5.46. The van der Waals surface area contributed by atoms with Crippen LogP contribution in [0.25, 0.3) is 10.9 Å². The Bertz CT molecular complexity index is 572. The van der Waals surface area contributed by atoms with Crippen molar-refractivity contribution in [2.24, 2.45) is 13.0 Å². The normalized spacial score (nSPS) is 18.2. The molecule has 1 aromatic heterocycles. The second-order valence-corrected chi connectivity index (χ2v) is 6.27. The summed E-state index contributed by atoms with van der Waals surface area (Å²) in [6, 6.07) is 9.20. The average Bonchev–Trinajstić information content (AvgIpc) is 2.78. The molecule has 2 heterocycles. The maximum Gasteiger partial charge on any atom is 0.0483 e. The molecule has 3 rings (SSSR count). The molecule has 1 atom stereocenters.